The number of rotatable bonds is 7. The summed E-state index contributed by atoms with van der Waals surface area (Å²) in [5, 5.41) is 17.2. The van der Waals surface area contributed by atoms with Gasteiger partial charge in [0.05, 0.1) is 5.69 Å². The van der Waals surface area contributed by atoms with Crippen molar-refractivity contribution in [2.45, 2.75) is 6.42 Å². The molecular formula is C26H26N8OS. The van der Waals surface area contributed by atoms with E-state index in [-0.39, 0.29) is 5.75 Å². The first-order valence-electron chi connectivity index (χ1n) is 11.9. The molecular weight excluding hydrogens is 472 g/mol. The number of imidazole rings is 1. The maximum Gasteiger partial charge on any atom is 0.229 e. The first-order valence-corrected chi connectivity index (χ1v) is 12.9. The van der Waals surface area contributed by atoms with Crippen molar-refractivity contribution in [3.05, 3.63) is 77.4 Å². The molecule has 0 saturated carbocycles. The number of hydrogen-bond acceptors (Lipinski definition) is 9. The van der Waals surface area contributed by atoms with Gasteiger partial charge < -0.3 is 20.2 Å². The van der Waals surface area contributed by atoms with Crippen LogP contribution in [-0.2, 0) is 6.42 Å². The Balaban J connectivity index is 1.26. The Labute approximate surface area is 212 Å². The quantitative estimate of drug-likeness (QED) is 0.348. The van der Waals surface area contributed by atoms with E-state index in [0.29, 0.717) is 12.5 Å². The lowest BCUT2D eigenvalue weighted by Crippen LogP contribution is -2.47. The monoisotopic (exact) mass is 498 g/mol. The van der Waals surface area contributed by atoms with Gasteiger partial charge in [0.1, 0.15) is 17.9 Å². The number of anilines is 3. The van der Waals surface area contributed by atoms with Crippen molar-refractivity contribution < 1.29 is 5.11 Å². The van der Waals surface area contributed by atoms with Gasteiger partial charge >= 0.3 is 0 Å². The van der Waals surface area contributed by atoms with Crippen molar-refractivity contribution >= 4 is 40.1 Å². The van der Waals surface area contributed by atoms with E-state index < -0.39 is 0 Å². The van der Waals surface area contributed by atoms with E-state index >= 15 is 0 Å². The van der Waals surface area contributed by atoms with E-state index in [4.69, 9.17) is 9.97 Å². The second kappa shape index (κ2) is 9.82. The second-order valence-electron chi connectivity index (χ2n) is 8.65. The Bertz CT molecular complexity index is 1430. The zero-order chi connectivity index (χ0) is 24.3. The van der Waals surface area contributed by atoms with Crippen LogP contribution in [0, 0.1) is 0 Å². The van der Waals surface area contributed by atoms with Crippen molar-refractivity contribution in [1.82, 2.24) is 24.5 Å². The summed E-state index contributed by atoms with van der Waals surface area (Å²) in [6, 6.07) is 15.4. The maximum atomic E-state index is 9.54. The Morgan fingerprint density at radius 2 is 1.75 bits per heavy atom. The topological polar surface area (TPSA) is 95.2 Å². The third-order valence-electron chi connectivity index (χ3n) is 6.35. The molecule has 2 N–H and O–H groups in total. The van der Waals surface area contributed by atoms with E-state index in [1.807, 2.05) is 47.4 Å². The molecule has 0 spiro atoms. The number of hydrogen-bond donors (Lipinski definition) is 2. The third kappa shape index (κ3) is 4.55. The highest BCUT2D eigenvalue weighted by Gasteiger charge is 2.23. The van der Waals surface area contributed by atoms with Gasteiger partial charge in [-0.1, -0.05) is 18.2 Å². The maximum absolute atomic E-state index is 9.54. The van der Waals surface area contributed by atoms with Crippen molar-refractivity contribution in [3.63, 3.8) is 0 Å². The molecule has 1 aliphatic heterocycles. The largest absolute Gasteiger partial charge is 0.508 e. The molecule has 9 nitrogen and oxygen atoms in total. The summed E-state index contributed by atoms with van der Waals surface area (Å²) >= 11 is 1.65. The second-order valence-corrected chi connectivity index (χ2v) is 9.43. The van der Waals surface area contributed by atoms with Gasteiger partial charge in [0, 0.05) is 44.3 Å². The predicted molar refractivity (Wildman–Crippen MR) is 144 cm³/mol. The number of nitrogens with zero attached hydrogens (tertiary/aromatic N) is 7. The van der Waals surface area contributed by atoms with Crippen LogP contribution in [-0.4, -0.2) is 62.3 Å². The van der Waals surface area contributed by atoms with Crippen LogP contribution in [0.3, 0.4) is 0 Å². The molecule has 5 heterocycles. The lowest BCUT2D eigenvalue weighted by atomic mass is 10.1. The lowest BCUT2D eigenvalue weighted by molar-refractivity contribution is 0.475. The van der Waals surface area contributed by atoms with Crippen LogP contribution < -0.4 is 15.1 Å². The van der Waals surface area contributed by atoms with Gasteiger partial charge in [0.25, 0.3) is 0 Å². The van der Waals surface area contributed by atoms with Gasteiger partial charge in [-0.15, -0.1) is 0 Å². The van der Waals surface area contributed by atoms with E-state index in [1.54, 1.807) is 23.5 Å². The fourth-order valence-electron chi connectivity index (χ4n) is 4.40. The van der Waals surface area contributed by atoms with Crippen molar-refractivity contribution in [2.75, 3.05) is 47.8 Å². The SMILES string of the molecule is Oc1ccc(CCNc2nc(N3CCN(c4ccccn4)CC3)nc3c2ncn3-c2ccsc2)cc1. The number of thiophene rings is 1. The zero-order valence-corrected chi connectivity index (χ0v) is 20.5. The number of piperazine rings is 1. The van der Waals surface area contributed by atoms with E-state index in [1.165, 1.54) is 0 Å². The van der Waals surface area contributed by atoms with Crippen molar-refractivity contribution in [2.24, 2.45) is 0 Å². The molecule has 0 aliphatic carbocycles. The highest BCUT2D eigenvalue weighted by atomic mass is 32.1. The van der Waals surface area contributed by atoms with Gasteiger partial charge in [-0.25, -0.2) is 9.97 Å². The van der Waals surface area contributed by atoms with Crippen LogP contribution in [0.2, 0.25) is 0 Å². The van der Waals surface area contributed by atoms with E-state index in [2.05, 4.69) is 41.9 Å². The van der Waals surface area contributed by atoms with Crippen molar-refractivity contribution in [1.29, 1.82) is 0 Å². The average molecular weight is 499 g/mol. The minimum absolute atomic E-state index is 0.274. The molecule has 36 heavy (non-hydrogen) atoms. The summed E-state index contributed by atoms with van der Waals surface area (Å²) < 4.78 is 2.02. The molecule has 0 radical (unpaired) electrons. The summed E-state index contributed by atoms with van der Waals surface area (Å²) in [7, 11) is 0. The molecule has 182 valence electrons. The minimum Gasteiger partial charge on any atom is -0.508 e. The predicted octanol–water partition coefficient (Wildman–Crippen LogP) is 3.96. The number of aromatic nitrogens is 5. The molecule has 4 aromatic heterocycles. The first kappa shape index (κ1) is 22.3. The first-order chi connectivity index (χ1) is 17.7. The fraction of sp³-hybridized carbons (Fsp3) is 0.231. The Morgan fingerprint density at radius 1 is 0.917 bits per heavy atom. The van der Waals surface area contributed by atoms with E-state index in [9.17, 15) is 5.11 Å². The molecule has 0 unspecified atom stereocenters. The van der Waals surface area contributed by atoms with Gasteiger partial charge in [0.15, 0.2) is 17.0 Å². The number of fused-ring (bicyclic) bond motifs is 1. The molecule has 6 rings (SSSR count). The van der Waals surface area contributed by atoms with E-state index in [0.717, 1.165) is 66.7 Å². The van der Waals surface area contributed by atoms with Crippen molar-refractivity contribution in [3.8, 4) is 11.4 Å². The molecule has 0 bridgehead atoms. The molecule has 1 aliphatic rings. The number of benzene rings is 1. The molecule has 0 amide bonds. The number of aromatic hydroxyl groups is 1. The summed E-state index contributed by atoms with van der Waals surface area (Å²) in [4.78, 5) is 23.6. The highest BCUT2D eigenvalue weighted by Crippen LogP contribution is 2.27. The van der Waals surface area contributed by atoms with Gasteiger partial charge in [-0.3, -0.25) is 4.57 Å². The number of phenols is 1. The normalized spacial score (nSPS) is 13.9. The summed E-state index contributed by atoms with van der Waals surface area (Å²) in [6.07, 6.45) is 4.45. The summed E-state index contributed by atoms with van der Waals surface area (Å²) in [5.74, 6) is 2.71. The van der Waals surface area contributed by atoms with Gasteiger partial charge in [-0.2, -0.15) is 21.3 Å². The molecule has 10 heteroatoms. The lowest BCUT2D eigenvalue weighted by Gasteiger charge is -2.35. The molecule has 1 aromatic carbocycles. The van der Waals surface area contributed by atoms with Gasteiger partial charge in [-0.05, 0) is 47.7 Å². The number of nitrogens with one attached hydrogen (secondary N) is 1. The summed E-state index contributed by atoms with van der Waals surface area (Å²) in [6.45, 7) is 4.01. The van der Waals surface area contributed by atoms with Gasteiger partial charge in [0.2, 0.25) is 5.95 Å². The standard InChI is InChI=1S/C26H26N8OS/c35-21-6-4-19(5-7-21)8-11-28-24-23-25(34(18-29-23)20-9-16-36-17-20)31-26(30-24)33-14-12-32(13-15-33)22-3-1-2-10-27-22/h1-7,9-10,16-18,35H,8,11-15H2,(H,28,30,31). The number of phenolic OH excluding ortho intramolecular Hbond substituents is 1. The molecule has 1 fully saturated rings. The van der Waals surface area contributed by atoms with Crippen LogP contribution in [0.15, 0.2) is 71.8 Å². The Hall–Kier alpha value is -4.18. The Morgan fingerprint density at radius 3 is 2.50 bits per heavy atom. The van der Waals surface area contributed by atoms with Crippen LogP contribution in [0.1, 0.15) is 5.56 Å². The number of pyridine rings is 1. The van der Waals surface area contributed by atoms with Crippen LogP contribution in [0.25, 0.3) is 16.9 Å². The molecule has 1 saturated heterocycles. The van der Waals surface area contributed by atoms with Crippen LogP contribution in [0.5, 0.6) is 5.75 Å². The third-order valence-corrected chi connectivity index (χ3v) is 7.02. The van der Waals surface area contributed by atoms with Crippen LogP contribution in [0.4, 0.5) is 17.6 Å². The van der Waals surface area contributed by atoms with Crippen LogP contribution >= 0.6 is 11.3 Å². The summed E-state index contributed by atoms with van der Waals surface area (Å²) in [5.41, 5.74) is 3.72. The zero-order valence-electron chi connectivity index (χ0n) is 19.7. The molecule has 0 atom stereocenters. The molecule has 5 aromatic rings. The average Bonchev–Trinajstić information content (AvgIpc) is 3.60. The Kier molecular flexibility index (Phi) is 6.08. The highest BCUT2D eigenvalue weighted by molar-refractivity contribution is 7.08. The minimum atomic E-state index is 0.274. The smallest absolute Gasteiger partial charge is 0.229 e. The fourth-order valence-corrected chi connectivity index (χ4v) is 5.03.